The first-order valence-corrected chi connectivity index (χ1v) is 11.8. The SMILES string of the molecule is CCC=C(CCC(C)(CC)CC)N(C)C(C)Cc1ccc(C)c(CCCC)c1. The Balaban J connectivity index is 2.82. The quantitative estimate of drug-likeness (QED) is 0.331. The second-order valence-electron chi connectivity index (χ2n) is 9.15. The van der Waals surface area contributed by atoms with Gasteiger partial charge in [-0.15, -0.1) is 0 Å². The van der Waals surface area contributed by atoms with Crippen LogP contribution in [0.15, 0.2) is 30.0 Å². The molecular weight excluding hydrogens is 338 g/mol. The minimum absolute atomic E-state index is 0.474. The lowest BCUT2D eigenvalue weighted by Crippen LogP contribution is -2.31. The van der Waals surface area contributed by atoms with Crippen molar-refractivity contribution in [2.75, 3.05) is 7.05 Å². The highest BCUT2D eigenvalue weighted by atomic mass is 15.1. The highest BCUT2D eigenvalue weighted by Gasteiger charge is 2.21. The van der Waals surface area contributed by atoms with Crippen LogP contribution in [-0.4, -0.2) is 18.0 Å². The number of likely N-dealkylation sites (N-methyl/N-ethyl adjacent to an activating group) is 1. The number of hydrogen-bond acceptors (Lipinski definition) is 1. The molecule has 0 fully saturated rings. The van der Waals surface area contributed by atoms with Crippen LogP contribution >= 0.6 is 0 Å². The van der Waals surface area contributed by atoms with E-state index in [4.69, 9.17) is 0 Å². The summed E-state index contributed by atoms with van der Waals surface area (Å²) in [5, 5.41) is 0. The maximum Gasteiger partial charge on any atom is 0.0295 e. The molecule has 0 aliphatic rings. The second-order valence-corrected chi connectivity index (χ2v) is 9.15. The molecule has 0 N–H and O–H groups in total. The van der Waals surface area contributed by atoms with Crippen molar-refractivity contribution in [3.63, 3.8) is 0 Å². The predicted octanol–water partition coefficient (Wildman–Crippen LogP) is 8.10. The maximum atomic E-state index is 2.54. The van der Waals surface area contributed by atoms with E-state index in [2.05, 4.69) is 84.7 Å². The van der Waals surface area contributed by atoms with Crippen molar-refractivity contribution in [2.45, 2.75) is 112 Å². The fourth-order valence-electron chi connectivity index (χ4n) is 3.94. The van der Waals surface area contributed by atoms with Crippen LogP contribution in [0, 0.1) is 12.3 Å². The van der Waals surface area contributed by atoms with Crippen LogP contribution in [0.5, 0.6) is 0 Å². The third-order valence-corrected chi connectivity index (χ3v) is 6.99. The molecular formula is C27H47N. The van der Waals surface area contributed by atoms with Crippen molar-refractivity contribution in [3.05, 3.63) is 46.7 Å². The highest BCUT2D eigenvalue weighted by molar-refractivity contribution is 5.32. The summed E-state index contributed by atoms with van der Waals surface area (Å²) in [7, 11) is 2.30. The summed E-state index contributed by atoms with van der Waals surface area (Å²) < 4.78 is 0. The Morgan fingerprint density at radius 1 is 1.14 bits per heavy atom. The smallest absolute Gasteiger partial charge is 0.0295 e. The zero-order valence-corrected chi connectivity index (χ0v) is 20.2. The Hall–Kier alpha value is -1.24. The van der Waals surface area contributed by atoms with Gasteiger partial charge in [-0.3, -0.25) is 0 Å². The standard InChI is InChI=1S/C27H47N/c1-9-13-15-25-21-24(17-16-22(25)5)20-23(6)28(8)26(14-10-2)18-19-27(7,11-3)12-4/h14,16-17,21,23H,9-13,15,18-20H2,1-8H3. The summed E-state index contributed by atoms with van der Waals surface area (Å²) in [4.78, 5) is 2.54. The highest BCUT2D eigenvalue weighted by Crippen LogP contribution is 2.33. The van der Waals surface area contributed by atoms with E-state index in [-0.39, 0.29) is 0 Å². The Morgan fingerprint density at radius 3 is 2.39 bits per heavy atom. The maximum absolute atomic E-state index is 2.54. The monoisotopic (exact) mass is 385 g/mol. The van der Waals surface area contributed by atoms with Gasteiger partial charge in [-0.25, -0.2) is 0 Å². The molecule has 160 valence electrons. The lowest BCUT2D eigenvalue weighted by molar-refractivity contribution is 0.247. The average molecular weight is 386 g/mol. The first kappa shape index (κ1) is 24.8. The molecule has 1 nitrogen and oxygen atoms in total. The molecule has 1 aromatic rings. The van der Waals surface area contributed by atoms with Gasteiger partial charge in [-0.2, -0.15) is 0 Å². The zero-order chi connectivity index (χ0) is 21.2. The van der Waals surface area contributed by atoms with E-state index in [9.17, 15) is 0 Å². The molecule has 1 aromatic carbocycles. The summed E-state index contributed by atoms with van der Waals surface area (Å²) in [6.45, 7) is 16.3. The van der Waals surface area contributed by atoms with Gasteiger partial charge in [0.1, 0.15) is 0 Å². The van der Waals surface area contributed by atoms with Gasteiger partial charge in [-0.05, 0) is 74.5 Å². The Labute approximate surface area is 176 Å². The molecule has 1 unspecified atom stereocenters. The summed E-state index contributed by atoms with van der Waals surface area (Å²) in [5.74, 6) is 0. The minimum atomic E-state index is 0.474. The molecule has 0 aliphatic carbocycles. The van der Waals surface area contributed by atoms with Crippen LogP contribution < -0.4 is 0 Å². The number of hydrogen-bond donors (Lipinski definition) is 0. The normalized spacial score (nSPS) is 13.6. The van der Waals surface area contributed by atoms with Crippen molar-refractivity contribution < 1.29 is 0 Å². The number of allylic oxidation sites excluding steroid dienone is 2. The third kappa shape index (κ3) is 7.64. The first-order valence-electron chi connectivity index (χ1n) is 11.8. The van der Waals surface area contributed by atoms with Gasteiger partial charge in [0.25, 0.3) is 0 Å². The zero-order valence-electron chi connectivity index (χ0n) is 20.2. The molecule has 0 amide bonds. The molecule has 0 heterocycles. The fourth-order valence-corrected chi connectivity index (χ4v) is 3.94. The van der Waals surface area contributed by atoms with Crippen molar-refractivity contribution >= 4 is 0 Å². The molecule has 0 aliphatic heterocycles. The van der Waals surface area contributed by atoms with Crippen molar-refractivity contribution in [1.82, 2.24) is 4.90 Å². The van der Waals surface area contributed by atoms with Gasteiger partial charge in [0, 0.05) is 18.8 Å². The number of aryl methyl sites for hydroxylation is 2. The number of benzene rings is 1. The Bertz CT molecular complexity index is 594. The lowest BCUT2D eigenvalue weighted by atomic mass is 9.80. The van der Waals surface area contributed by atoms with E-state index >= 15 is 0 Å². The largest absolute Gasteiger partial charge is 0.375 e. The van der Waals surface area contributed by atoms with E-state index in [1.165, 1.54) is 61.8 Å². The van der Waals surface area contributed by atoms with Gasteiger partial charge in [0.05, 0.1) is 0 Å². The molecule has 1 atom stereocenters. The average Bonchev–Trinajstić information content (AvgIpc) is 2.70. The van der Waals surface area contributed by atoms with Crippen LogP contribution in [-0.2, 0) is 12.8 Å². The van der Waals surface area contributed by atoms with E-state index < -0.39 is 0 Å². The van der Waals surface area contributed by atoms with Crippen LogP contribution in [0.4, 0.5) is 0 Å². The lowest BCUT2D eigenvalue weighted by Gasteiger charge is -2.33. The molecule has 0 radical (unpaired) electrons. The van der Waals surface area contributed by atoms with Gasteiger partial charge in [0.2, 0.25) is 0 Å². The molecule has 0 saturated heterocycles. The first-order chi connectivity index (χ1) is 13.3. The number of rotatable bonds is 13. The Kier molecular flexibility index (Phi) is 10.9. The fraction of sp³-hybridized carbons (Fsp3) is 0.704. The van der Waals surface area contributed by atoms with E-state index in [0.717, 1.165) is 12.8 Å². The topological polar surface area (TPSA) is 3.24 Å². The summed E-state index contributed by atoms with van der Waals surface area (Å²) >= 11 is 0. The van der Waals surface area contributed by atoms with E-state index in [0.29, 0.717) is 11.5 Å². The second kappa shape index (κ2) is 12.3. The van der Waals surface area contributed by atoms with Crippen LogP contribution in [0.3, 0.4) is 0 Å². The predicted molar refractivity (Wildman–Crippen MR) is 127 cm³/mol. The Morgan fingerprint density at radius 2 is 1.82 bits per heavy atom. The molecule has 0 saturated carbocycles. The van der Waals surface area contributed by atoms with Crippen molar-refractivity contribution in [1.29, 1.82) is 0 Å². The molecule has 0 bridgehead atoms. The van der Waals surface area contributed by atoms with Crippen LogP contribution in [0.1, 0.15) is 103 Å². The van der Waals surface area contributed by atoms with Crippen molar-refractivity contribution in [2.24, 2.45) is 5.41 Å². The molecule has 1 heteroatoms. The summed E-state index contributed by atoms with van der Waals surface area (Å²) in [6, 6.07) is 7.64. The number of nitrogens with zero attached hydrogens (tertiary/aromatic N) is 1. The van der Waals surface area contributed by atoms with Gasteiger partial charge in [0.15, 0.2) is 0 Å². The van der Waals surface area contributed by atoms with E-state index in [1.807, 2.05) is 0 Å². The van der Waals surface area contributed by atoms with Crippen LogP contribution in [0.25, 0.3) is 0 Å². The van der Waals surface area contributed by atoms with Gasteiger partial charge < -0.3 is 4.90 Å². The molecule has 1 rings (SSSR count). The summed E-state index contributed by atoms with van der Waals surface area (Å²) in [5.41, 5.74) is 6.48. The summed E-state index contributed by atoms with van der Waals surface area (Å²) in [6.07, 6.45) is 13.5. The molecule has 0 spiro atoms. The minimum Gasteiger partial charge on any atom is -0.375 e. The number of unbranched alkanes of at least 4 members (excludes halogenated alkanes) is 1. The van der Waals surface area contributed by atoms with Crippen LogP contribution in [0.2, 0.25) is 0 Å². The van der Waals surface area contributed by atoms with Gasteiger partial charge in [-0.1, -0.05) is 78.2 Å². The van der Waals surface area contributed by atoms with Gasteiger partial charge >= 0.3 is 0 Å². The third-order valence-electron chi connectivity index (χ3n) is 6.99. The van der Waals surface area contributed by atoms with E-state index in [1.54, 1.807) is 5.56 Å². The molecule has 28 heavy (non-hydrogen) atoms. The molecule has 0 aromatic heterocycles. The van der Waals surface area contributed by atoms with Crippen molar-refractivity contribution in [3.8, 4) is 0 Å².